The first-order valence-corrected chi connectivity index (χ1v) is 5.85. The number of halogens is 1. The Kier molecular flexibility index (Phi) is 2.38. The summed E-state index contributed by atoms with van der Waals surface area (Å²) in [6.07, 6.45) is 0. The van der Waals surface area contributed by atoms with Gasteiger partial charge < -0.3 is 10.7 Å². The Morgan fingerprint density at radius 3 is 3.00 bits per heavy atom. The van der Waals surface area contributed by atoms with Crippen LogP contribution in [0.25, 0.3) is 22.4 Å². The molecule has 86 valence electrons. The van der Waals surface area contributed by atoms with E-state index in [0.717, 1.165) is 21.6 Å². The Hall–Kier alpha value is -1.79. The van der Waals surface area contributed by atoms with Crippen molar-refractivity contribution >= 4 is 22.4 Å². The van der Waals surface area contributed by atoms with Crippen LogP contribution < -0.4 is 5.73 Å². The molecular formula is C11H9FN4S. The highest BCUT2D eigenvalue weighted by Gasteiger charge is 2.09. The van der Waals surface area contributed by atoms with Crippen LogP contribution >= 0.6 is 11.5 Å². The molecule has 4 nitrogen and oxygen atoms in total. The zero-order chi connectivity index (χ0) is 11.8. The van der Waals surface area contributed by atoms with Gasteiger partial charge in [-0.05, 0) is 35.8 Å². The smallest absolute Gasteiger partial charge is 0.189 e. The van der Waals surface area contributed by atoms with E-state index in [1.807, 2.05) is 6.07 Å². The minimum Gasteiger partial charge on any atom is -0.352 e. The van der Waals surface area contributed by atoms with E-state index in [4.69, 9.17) is 5.73 Å². The van der Waals surface area contributed by atoms with Gasteiger partial charge in [-0.15, -0.1) is 0 Å². The summed E-state index contributed by atoms with van der Waals surface area (Å²) < 4.78 is 17.2. The van der Waals surface area contributed by atoms with E-state index < -0.39 is 0 Å². The van der Waals surface area contributed by atoms with Gasteiger partial charge in [0.05, 0.1) is 5.69 Å². The molecule has 3 aromatic rings. The number of aromatic amines is 1. The Morgan fingerprint density at radius 2 is 2.24 bits per heavy atom. The van der Waals surface area contributed by atoms with Crippen LogP contribution in [-0.4, -0.2) is 14.3 Å². The lowest BCUT2D eigenvalue weighted by Crippen LogP contribution is -1.94. The lowest BCUT2D eigenvalue weighted by molar-refractivity contribution is 0.630. The standard InChI is InChI=1S/C11H9FN4S/c12-7-1-2-8-6(3-7)4-9(14-8)11-15-10(5-13)17-16-11/h1-4,14H,5,13H2. The van der Waals surface area contributed by atoms with Crippen molar-refractivity contribution in [2.75, 3.05) is 0 Å². The highest BCUT2D eigenvalue weighted by molar-refractivity contribution is 7.05. The highest BCUT2D eigenvalue weighted by atomic mass is 32.1. The summed E-state index contributed by atoms with van der Waals surface area (Å²) in [4.78, 5) is 7.42. The second kappa shape index (κ2) is 3.90. The van der Waals surface area contributed by atoms with E-state index in [2.05, 4.69) is 14.3 Å². The normalized spacial score (nSPS) is 11.2. The Balaban J connectivity index is 2.11. The summed E-state index contributed by atoms with van der Waals surface area (Å²) in [5, 5.41) is 1.59. The molecule has 0 spiro atoms. The number of hydrogen-bond donors (Lipinski definition) is 2. The number of rotatable bonds is 2. The molecule has 6 heteroatoms. The van der Waals surface area contributed by atoms with Crippen LogP contribution in [0.3, 0.4) is 0 Å². The van der Waals surface area contributed by atoms with Gasteiger partial charge in [0.1, 0.15) is 10.8 Å². The molecule has 3 N–H and O–H groups in total. The molecule has 0 saturated carbocycles. The van der Waals surface area contributed by atoms with E-state index in [0.29, 0.717) is 12.4 Å². The fourth-order valence-electron chi connectivity index (χ4n) is 1.67. The summed E-state index contributed by atoms with van der Waals surface area (Å²) in [5.74, 6) is 0.351. The Bertz CT molecular complexity index is 673. The van der Waals surface area contributed by atoms with Crippen LogP contribution in [0.5, 0.6) is 0 Å². The summed E-state index contributed by atoms with van der Waals surface area (Å²) >= 11 is 1.28. The zero-order valence-corrected chi connectivity index (χ0v) is 9.59. The summed E-state index contributed by atoms with van der Waals surface area (Å²) in [6, 6.07) is 6.43. The maximum atomic E-state index is 13.0. The van der Waals surface area contributed by atoms with Crippen molar-refractivity contribution in [1.29, 1.82) is 0 Å². The Morgan fingerprint density at radius 1 is 1.35 bits per heavy atom. The number of nitrogens with two attached hydrogens (primary N) is 1. The predicted octanol–water partition coefficient (Wildman–Crippen LogP) is 2.28. The van der Waals surface area contributed by atoms with Crippen LogP contribution in [0, 0.1) is 5.82 Å². The second-order valence-electron chi connectivity index (χ2n) is 3.63. The number of hydrogen-bond acceptors (Lipinski definition) is 4. The number of H-pyrrole nitrogens is 1. The molecule has 0 atom stereocenters. The van der Waals surface area contributed by atoms with E-state index in [-0.39, 0.29) is 5.82 Å². The second-order valence-corrected chi connectivity index (χ2v) is 4.47. The first kappa shape index (κ1) is 10.4. The maximum absolute atomic E-state index is 13.0. The summed E-state index contributed by atoms with van der Waals surface area (Å²) in [6.45, 7) is 0.381. The predicted molar refractivity (Wildman–Crippen MR) is 65.1 cm³/mol. The molecule has 0 fully saturated rings. The minimum atomic E-state index is -0.253. The van der Waals surface area contributed by atoms with Crippen molar-refractivity contribution in [3.63, 3.8) is 0 Å². The number of aromatic nitrogens is 3. The van der Waals surface area contributed by atoms with E-state index in [9.17, 15) is 4.39 Å². The van der Waals surface area contributed by atoms with Gasteiger partial charge in [0.15, 0.2) is 5.82 Å². The monoisotopic (exact) mass is 248 g/mol. The summed E-state index contributed by atoms with van der Waals surface area (Å²) in [5.41, 5.74) is 7.13. The van der Waals surface area contributed by atoms with E-state index in [1.54, 1.807) is 6.07 Å². The Labute approximate surface area is 100 Å². The van der Waals surface area contributed by atoms with Gasteiger partial charge in [0.2, 0.25) is 0 Å². The lowest BCUT2D eigenvalue weighted by Gasteiger charge is -1.88. The average molecular weight is 248 g/mol. The van der Waals surface area contributed by atoms with Gasteiger partial charge >= 0.3 is 0 Å². The number of nitrogens with zero attached hydrogens (tertiary/aromatic N) is 2. The number of fused-ring (bicyclic) bond motifs is 1. The molecule has 0 aliphatic rings. The van der Waals surface area contributed by atoms with Crippen LogP contribution in [0.15, 0.2) is 24.3 Å². The molecule has 0 unspecified atom stereocenters. The molecule has 17 heavy (non-hydrogen) atoms. The van der Waals surface area contributed by atoms with Crippen molar-refractivity contribution in [2.24, 2.45) is 5.73 Å². The van der Waals surface area contributed by atoms with Crippen LogP contribution in [-0.2, 0) is 6.54 Å². The fraction of sp³-hybridized carbons (Fsp3) is 0.0909. The zero-order valence-electron chi connectivity index (χ0n) is 8.77. The first-order valence-electron chi connectivity index (χ1n) is 5.07. The van der Waals surface area contributed by atoms with Gasteiger partial charge in [-0.3, -0.25) is 0 Å². The maximum Gasteiger partial charge on any atom is 0.189 e. The van der Waals surface area contributed by atoms with Crippen molar-refractivity contribution in [3.8, 4) is 11.5 Å². The topological polar surface area (TPSA) is 67.6 Å². The fourth-order valence-corrected chi connectivity index (χ4v) is 2.20. The third-order valence-corrected chi connectivity index (χ3v) is 3.20. The largest absolute Gasteiger partial charge is 0.352 e. The molecule has 2 heterocycles. The van der Waals surface area contributed by atoms with Crippen molar-refractivity contribution < 1.29 is 4.39 Å². The van der Waals surface area contributed by atoms with Crippen molar-refractivity contribution in [3.05, 3.63) is 35.1 Å². The molecule has 1 aromatic carbocycles. The SMILES string of the molecule is NCc1nc(-c2cc3cc(F)ccc3[nH]2)ns1. The highest BCUT2D eigenvalue weighted by Crippen LogP contribution is 2.23. The van der Waals surface area contributed by atoms with Crippen LogP contribution in [0.4, 0.5) is 4.39 Å². The molecular weight excluding hydrogens is 239 g/mol. The molecule has 0 radical (unpaired) electrons. The average Bonchev–Trinajstić information content (AvgIpc) is 2.93. The quantitative estimate of drug-likeness (QED) is 0.731. The molecule has 0 bridgehead atoms. The van der Waals surface area contributed by atoms with E-state index in [1.165, 1.54) is 23.7 Å². The number of benzene rings is 1. The molecule has 0 aliphatic carbocycles. The summed E-state index contributed by atoms with van der Waals surface area (Å²) in [7, 11) is 0. The van der Waals surface area contributed by atoms with Gasteiger partial charge in [-0.2, -0.15) is 4.37 Å². The van der Waals surface area contributed by atoms with Gasteiger partial charge in [0, 0.05) is 17.4 Å². The van der Waals surface area contributed by atoms with Crippen molar-refractivity contribution in [2.45, 2.75) is 6.54 Å². The van der Waals surface area contributed by atoms with Crippen LogP contribution in [0.1, 0.15) is 5.01 Å². The van der Waals surface area contributed by atoms with Gasteiger partial charge in [0.25, 0.3) is 0 Å². The molecule has 0 saturated heterocycles. The molecule has 0 amide bonds. The van der Waals surface area contributed by atoms with Gasteiger partial charge in [-0.25, -0.2) is 9.37 Å². The van der Waals surface area contributed by atoms with Crippen molar-refractivity contribution in [1.82, 2.24) is 14.3 Å². The first-order chi connectivity index (χ1) is 8.26. The molecule has 2 aromatic heterocycles. The third-order valence-electron chi connectivity index (χ3n) is 2.47. The lowest BCUT2D eigenvalue weighted by atomic mass is 10.2. The molecule has 0 aliphatic heterocycles. The third kappa shape index (κ3) is 1.81. The molecule has 3 rings (SSSR count). The van der Waals surface area contributed by atoms with Crippen LogP contribution in [0.2, 0.25) is 0 Å². The van der Waals surface area contributed by atoms with E-state index >= 15 is 0 Å². The number of nitrogens with one attached hydrogen (secondary N) is 1. The van der Waals surface area contributed by atoms with Gasteiger partial charge in [-0.1, -0.05) is 0 Å². The minimum absolute atomic E-state index is 0.253.